The van der Waals surface area contributed by atoms with Crippen LogP contribution in [0.2, 0.25) is 0 Å². The van der Waals surface area contributed by atoms with Crippen LogP contribution in [0.3, 0.4) is 0 Å². The van der Waals surface area contributed by atoms with Crippen molar-refractivity contribution in [2.24, 2.45) is 11.1 Å². The zero-order chi connectivity index (χ0) is 22.0. The summed E-state index contributed by atoms with van der Waals surface area (Å²) in [6, 6.07) is 13.9. The van der Waals surface area contributed by atoms with Crippen LogP contribution in [0.25, 0.3) is 11.0 Å². The van der Waals surface area contributed by atoms with E-state index in [1.165, 1.54) is 4.68 Å². The van der Waals surface area contributed by atoms with Gasteiger partial charge in [0, 0.05) is 24.3 Å². The molecule has 0 bridgehead atoms. The maximum Gasteiger partial charge on any atom is 0.306 e. The molecule has 158 valence electrons. The molecule has 0 aliphatic carbocycles. The first-order valence-corrected chi connectivity index (χ1v) is 9.81. The third-order valence-electron chi connectivity index (χ3n) is 5.40. The van der Waals surface area contributed by atoms with Crippen LogP contribution in [0.1, 0.15) is 23.2 Å². The van der Waals surface area contributed by atoms with Crippen LogP contribution in [-0.2, 0) is 4.79 Å². The first-order valence-electron chi connectivity index (χ1n) is 9.81. The van der Waals surface area contributed by atoms with Gasteiger partial charge in [-0.2, -0.15) is 10.2 Å². The first-order chi connectivity index (χ1) is 15.0. The van der Waals surface area contributed by atoms with Gasteiger partial charge in [0.25, 0.3) is 5.91 Å². The minimum atomic E-state index is -0.807. The van der Waals surface area contributed by atoms with Crippen LogP contribution in [0.5, 0.6) is 0 Å². The number of nitrogens with one attached hydrogen (secondary N) is 3. The number of carboxylic acid groups (broad SMARTS) is 1. The Morgan fingerprint density at radius 1 is 1.10 bits per heavy atom. The van der Waals surface area contributed by atoms with Crippen molar-refractivity contribution < 1.29 is 14.7 Å². The highest BCUT2D eigenvalue weighted by molar-refractivity contribution is 5.94. The van der Waals surface area contributed by atoms with Crippen LogP contribution in [-0.4, -0.2) is 44.6 Å². The molecule has 0 radical (unpaired) electrons. The van der Waals surface area contributed by atoms with Crippen molar-refractivity contribution in [3.8, 4) is 0 Å². The van der Waals surface area contributed by atoms with E-state index in [9.17, 15) is 9.59 Å². The molecule has 10 heteroatoms. The molecule has 0 saturated carbocycles. The highest BCUT2D eigenvalue weighted by Crippen LogP contribution is 2.21. The molecule has 31 heavy (non-hydrogen) atoms. The summed E-state index contributed by atoms with van der Waals surface area (Å²) in [5.74, 6) is -1.09. The van der Waals surface area contributed by atoms with Gasteiger partial charge in [-0.1, -0.05) is 17.4 Å². The number of amides is 1. The maximum absolute atomic E-state index is 12.7. The molecule has 1 aromatic heterocycles. The number of benzene rings is 2. The molecule has 0 unspecified atom stereocenters. The van der Waals surface area contributed by atoms with E-state index in [1.807, 2.05) is 6.07 Å². The summed E-state index contributed by atoms with van der Waals surface area (Å²) in [5, 5.41) is 23.9. The van der Waals surface area contributed by atoms with E-state index in [1.54, 1.807) is 47.4 Å². The number of fused-ring (bicyclic) bond motifs is 1. The molecule has 10 nitrogen and oxygen atoms in total. The first kappa shape index (κ1) is 20.2. The second kappa shape index (κ2) is 8.34. The summed E-state index contributed by atoms with van der Waals surface area (Å²) in [6.45, 7) is 0.852. The Bertz CT molecular complexity index is 1210. The van der Waals surface area contributed by atoms with Gasteiger partial charge in [0.1, 0.15) is 0 Å². The van der Waals surface area contributed by atoms with Crippen molar-refractivity contribution >= 4 is 34.4 Å². The van der Waals surface area contributed by atoms with Crippen LogP contribution >= 0.6 is 0 Å². The molecule has 1 amide bonds. The van der Waals surface area contributed by atoms with E-state index in [-0.39, 0.29) is 23.1 Å². The van der Waals surface area contributed by atoms with Gasteiger partial charge in [0.15, 0.2) is 11.3 Å². The molecule has 4 N–H and O–H groups in total. The van der Waals surface area contributed by atoms with Crippen molar-refractivity contribution in [3.05, 3.63) is 59.6 Å². The van der Waals surface area contributed by atoms with Crippen LogP contribution in [0.4, 0.5) is 11.5 Å². The van der Waals surface area contributed by atoms with Gasteiger partial charge < -0.3 is 15.3 Å². The van der Waals surface area contributed by atoms with Gasteiger partial charge >= 0.3 is 5.97 Å². The van der Waals surface area contributed by atoms with Crippen LogP contribution in [0.15, 0.2) is 53.8 Å². The lowest BCUT2D eigenvalue weighted by molar-refractivity contribution is -0.143. The summed E-state index contributed by atoms with van der Waals surface area (Å²) >= 11 is 0. The molecule has 1 saturated heterocycles. The number of carbonyl (C=O) groups is 2. The number of aliphatic carboxylic acids is 1. The number of aromatic nitrogens is 2. The number of likely N-dealkylation sites (tertiary alicyclic amines) is 1. The fraction of sp³-hybridized carbons (Fsp3) is 0.238. The molecule has 0 spiro atoms. The van der Waals surface area contributed by atoms with Crippen LogP contribution in [0, 0.1) is 16.9 Å². The molecule has 0 atom stereocenters. The fourth-order valence-corrected chi connectivity index (χ4v) is 3.67. The Morgan fingerprint density at radius 2 is 1.77 bits per heavy atom. The quantitative estimate of drug-likeness (QED) is 0.469. The molecule has 3 aromatic rings. The topological polar surface area (TPSA) is 148 Å². The second-order valence-electron chi connectivity index (χ2n) is 7.32. The van der Waals surface area contributed by atoms with Gasteiger partial charge in [-0.3, -0.25) is 15.0 Å². The summed E-state index contributed by atoms with van der Waals surface area (Å²) < 4.78 is 1.18. The summed E-state index contributed by atoms with van der Waals surface area (Å²) in [4.78, 5) is 29.9. The van der Waals surface area contributed by atoms with E-state index in [4.69, 9.17) is 16.0 Å². The summed E-state index contributed by atoms with van der Waals surface area (Å²) in [6.07, 6.45) is 0.920. The number of hydrogen-bond donors (Lipinski definition) is 4. The standard InChI is InChI=1S/C21H21N7O3/c22-18-19(25-16-3-1-2-4-17(16)28(18)26-23)24-15-7-5-13(6-8-15)20(29)27-11-9-14(10-12-27)21(30)31/h1-8,14,22-23H,9-12H2,(H,24,25)(H,30,31). The lowest BCUT2D eigenvalue weighted by Crippen LogP contribution is -2.40. The number of hydrogen-bond acceptors (Lipinski definition) is 7. The number of carbonyl (C=O) groups excluding carboxylic acids is 1. The fourth-order valence-electron chi connectivity index (χ4n) is 3.67. The average molecular weight is 419 g/mol. The minimum absolute atomic E-state index is 0.0600. The van der Waals surface area contributed by atoms with E-state index >= 15 is 0 Å². The number of para-hydroxylation sites is 2. The predicted octanol–water partition coefficient (Wildman–Crippen LogP) is 2.99. The number of piperidine rings is 1. The van der Waals surface area contributed by atoms with Crippen molar-refractivity contribution in [1.82, 2.24) is 14.6 Å². The van der Waals surface area contributed by atoms with Gasteiger partial charge in [0.2, 0.25) is 0 Å². The molecule has 1 aliphatic rings. The Hall–Kier alpha value is -4.08. The van der Waals surface area contributed by atoms with Gasteiger partial charge in [-0.25, -0.2) is 4.98 Å². The zero-order valence-electron chi connectivity index (χ0n) is 16.6. The van der Waals surface area contributed by atoms with Crippen molar-refractivity contribution in [3.63, 3.8) is 0 Å². The minimum Gasteiger partial charge on any atom is -0.481 e. The highest BCUT2D eigenvalue weighted by atomic mass is 16.4. The van der Waals surface area contributed by atoms with Gasteiger partial charge in [-0.15, -0.1) is 0 Å². The Balaban J connectivity index is 1.51. The van der Waals surface area contributed by atoms with Crippen molar-refractivity contribution in [1.29, 1.82) is 10.9 Å². The Kier molecular flexibility index (Phi) is 5.44. The number of rotatable bonds is 5. The van der Waals surface area contributed by atoms with Crippen molar-refractivity contribution in [2.45, 2.75) is 12.8 Å². The Labute approximate surface area is 177 Å². The largest absolute Gasteiger partial charge is 0.481 e. The van der Waals surface area contributed by atoms with E-state index in [0.717, 1.165) is 0 Å². The predicted molar refractivity (Wildman–Crippen MR) is 112 cm³/mol. The highest BCUT2D eigenvalue weighted by Gasteiger charge is 2.27. The third-order valence-corrected chi connectivity index (χ3v) is 5.40. The average Bonchev–Trinajstić information content (AvgIpc) is 2.80. The van der Waals surface area contributed by atoms with Crippen molar-refractivity contribution in [2.75, 3.05) is 18.4 Å². The molecule has 2 heterocycles. The smallest absolute Gasteiger partial charge is 0.306 e. The van der Waals surface area contributed by atoms with E-state index in [0.29, 0.717) is 48.2 Å². The lowest BCUT2D eigenvalue weighted by Gasteiger charge is -2.30. The maximum atomic E-state index is 12.7. The lowest BCUT2D eigenvalue weighted by atomic mass is 9.96. The normalized spacial score (nSPS) is 14.4. The number of carboxylic acids is 1. The third kappa shape index (κ3) is 4.00. The number of nitrogens with zero attached hydrogens (tertiary/aromatic N) is 4. The summed E-state index contributed by atoms with van der Waals surface area (Å²) in [7, 11) is 0. The Morgan fingerprint density at radius 3 is 2.42 bits per heavy atom. The van der Waals surface area contributed by atoms with E-state index in [2.05, 4.69) is 15.5 Å². The zero-order valence-corrected chi connectivity index (χ0v) is 16.6. The van der Waals surface area contributed by atoms with E-state index < -0.39 is 5.97 Å². The molecule has 2 aromatic carbocycles. The second-order valence-corrected chi connectivity index (χ2v) is 7.32. The van der Waals surface area contributed by atoms with Gasteiger partial charge in [0.05, 0.1) is 17.0 Å². The monoisotopic (exact) mass is 419 g/mol. The molecular weight excluding hydrogens is 398 g/mol. The SMILES string of the molecule is N=Nn1c(=N)c(Nc2ccc(C(=O)N3CCC(C(=O)O)CC3)cc2)nc2ccccc21. The molecule has 4 rings (SSSR count). The molecular formula is C21H21N7O3. The summed E-state index contributed by atoms with van der Waals surface area (Å²) in [5.41, 5.74) is 9.62. The number of anilines is 2. The molecule has 1 aliphatic heterocycles. The van der Waals surface area contributed by atoms with Crippen LogP contribution < -0.4 is 10.8 Å². The van der Waals surface area contributed by atoms with Gasteiger partial charge in [-0.05, 0) is 49.2 Å². The molecule has 1 fully saturated rings.